The first kappa shape index (κ1) is 44.6. The molecule has 46 heavy (non-hydrogen) atoms. The summed E-state index contributed by atoms with van der Waals surface area (Å²) >= 11 is 0. The van der Waals surface area contributed by atoms with E-state index in [-0.39, 0.29) is 18.6 Å². The van der Waals surface area contributed by atoms with E-state index in [2.05, 4.69) is 27.7 Å². The van der Waals surface area contributed by atoms with E-state index in [1.807, 2.05) is 6.92 Å². The van der Waals surface area contributed by atoms with Gasteiger partial charge in [0.15, 0.2) is 5.78 Å². The Bertz CT molecular complexity index is 737. The van der Waals surface area contributed by atoms with Crippen molar-refractivity contribution in [1.29, 1.82) is 0 Å². The number of aliphatic hydroxyl groups is 1. The van der Waals surface area contributed by atoms with Crippen LogP contribution in [0.4, 0.5) is 0 Å². The van der Waals surface area contributed by atoms with E-state index in [0.29, 0.717) is 19.3 Å². The predicted octanol–water partition coefficient (Wildman–Crippen LogP) is 11.5. The Morgan fingerprint density at radius 3 is 1.22 bits per heavy atom. The van der Waals surface area contributed by atoms with Crippen LogP contribution >= 0.6 is 0 Å². The Labute approximate surface area is 284 Å². The number of ketones is 1. The number of Topliss-reactive ketones (excluding diaryl/α,β-unsaturated/α-hetero) is 1. The highest BCUT2D eigenvalue weighted by atomic mass is 16.6. The number of ether oxygens (including phenoxy) is 2. The third-order valence-corrected chi connectivity index (χ3v) is 9.27. The van der Waals surface area contributed by atoms with Crippen LogP contribution in [-0.4, -0.2) is 40.6 Å². The van der Waals surface area contributed by atoms with Gasteiger partial charge in [-0.15, -0.1) is 0 Å². The van der Waals surface area contributed by atoms with E-state index >= 15 is 0 Å². The predicted molar refractivity (Wildman–Crippen MR) is 192 cm³/mol. The molecule has 0 aromatic rings. The van der Waals surface area contributed by atoms with Gasteiger partial charge >= 0.3 is 11.9 Å². The smallest absolute Gasteiger partial charge is 0.346 e. The minimum atomic E-state index is -2.50. The first-order valence-corrected chi connectivity index (χ1v) is 19.9. The summed E-state index contributed by atoms with van der Waals surface area (Å²) in [6.07, 6.45) is 27.8. The molecule has 0 radical (unpaired) electrons. The van der Waals surface area contributed by atoms with E-state index in [0.717, 1.165) is 64.2 Å². The maximum atomic E-state index is 13.5. The largest absolute Gasteiger partial charge is 0.462 e. The minimum Gasteiger partial charge on any atom is -0.462 e. The van der Waals surface area contributed by atoms with Gasteiger partial charge < -0.3 is 14.6 Å². The third-order valence-electron chi connectivity index (χ3n) is 9.27. The average Bonchev–Trinajstić information content (AvgIpc) is 3.04. The maximum absolute atomic E-state index is 13.5. The number of carbonyl (C=O) groups excluding carboxylic acids is 3. The summed E-state index contributed by atoms with van der Waals surface area (Å²) in [5.41, 5.74) is -2.50. The van der Waals surface area contributed by atoms with Gasteiger partial charge in [-0.2, -0.15) is 0 Å². The fourth-order valence-electron chi connectivity index (χ4n) is 6.16. The second kappa shape index (κ2) is 30.9. The molecule has 6 heteroatoms. The lowest BCUT2D eigenvalue weighted by Crippen LogP contribution is -2.50. The van der Waals surface area contributed by atoms with E-state index in [1.165, 1.54) is 89.9 Å². The summed E-state index contributed by atoms with van der Waals surface area (Å²) in [7, 11) is 0. The summed E-state index contributed by atoms with van der Waals surface area (Å²) in [6.45, 7) is 10.5. The van der Waals surface area contributed by atoms with Crippen LogP contribution in [-0.2, 0) is 23.9 Å². The molecule has 0 saturated carbocycles. The van der Waals surface area contributed by atoms with E-state index in [4.69, 9.17) is 9.47 Å². The molecule has 0 saturated heterocycles. The Balaban J connectivity index is 5.11. The second-order valence-corrected chi connectivity index (χ2v) is 13.9. The van der Waals surface area contributed by atoms with E-state index < -0.39 is 29.7 Å². The molecule has 0 aliphatic rings. The van der Waals surface area contributed by atoms with E-state index in [9.17, 15) is 19.5 Å². The van der Waals surface area contributed by atoms with Crippen LogP contribution < -0.4 is 0 Å². The van der Waals surface area contributed by atoms with Crippen molar-refractivity contribution in [2.75, 3.05) is 0 Å². The Morgan fingerprint density at radius 1 is 0.478 bits per heavy atom. The Morgan fingerprint density at radius 2 is 0.826 bits per heavy atom. The highest BCUT2D eigenvalue weighted by molar-refractivity contribution is 6.09. The zero-order valence-corrected chi connectivity index (χ0v) is 31.1. The number of rotatable bonds is 34. The molecular formula is C40H76O6. The van der Waals surface area contributed by atoms with Crippen LogP contribution in [0.2, 0.25) is 0 Å². The fourth-order valence-corrected chi connectivity index (χ4v) is 6.16. The topological polar surface area (TPSA) is 89.9 Å². The molecule has 0 rings (SSSR count). The monoisotopic (exact) mass is 653 g/mol. The number of unbranched alkanes of at least 4 members (excludes halogenated alkanes) is 18. The van der Waals surface area contributed by atoms with Gasteiger partial charge in [-0.25, -0.2) is 4.79 Å². The molecule has 3 unspecified atom stereocenters. The van der Waals surface area contributed by atoms with Gasteiger partial charge in [-0.05, 0) is 44.9 Å². The highest BCUT2D eigenvalue weighted by Gasteiger charge is 2.48. The van der Waals surface area contributed by atoms with Gasteiger partial charge in [0.05, 0.1) is 6.42 Å². The first-order chi connectivity index (χ1) is 22.3. The molecule has 0 fully saturated rings. The summed E-state index contributed by atoms with van der Waals surface area (Å²) < 4.78 is 11.7. The zero-order chi connectivity index (χ0) is 34.3. The van der Waals surface area contributed by atoms with Crippen LogP contribution in [0.3, 0.4) is 0 Å². The molecule has 0 aliphatic carbocycles. The molecule has 0 heterocycles. The van der Waals surface area contributed by atoms with E-state index in [1.54, 1.807) is 0 Å². The zero-order valence-electron chi connectivity index (χ0n) is 31.1. The van der Waals surface area contributed by atoms with Gasteiger partial charge in [-0.3, -0.25) is 9.59 Å². The molecule has 0 aromatic heterocycles. The van der Waals surface area contributed by atoms with Crippen LogP contribution in [0.15, 0.2) is 0 Å². The summed E-state index contributed by atoms with van der Waals surface area (Å²) in [5, 5.41) is 11.5. The number of esters is 2. The SMILES string of the molecule is CCCCCCCCCCCC(CCCC)OC(=O)CC(O)(C(=O)CCC)C(=O)OC(CCCC)CCCCCCCCCCC. The Kier molecular flexibility index (Phi) is 29.9. The number of hydrogen-bond acceptors (Lipinski definition) is 6. The van der Waals surface area contributed by atoms with Crippen molar-refractivity contribution in [1.82, 2.24) is 0 Å². The van der Waals surface area contributed by atoms with Gasteiger partial charge in [0, 0.05) is 6.42 Å². The molecule has 0 bridgehead atoms. The fraction of sp³-hybridized carbons (Fsp3) is 0.925. The molecule has 0 aliphatic heterocycles. The Hall–Kier alpha value is -1.43. The summed E-state index contributed by atoms with van der Waals surface area (Å²) in [5.74, 6) is -2.33. The van der Waals surface area contributed by atoms with Crippen molar-refractivity contribution in [2.24, 2.45) is 0 Å². The van der Waals surface area contributed by atoms with Gasteiger partial charge in [-0.1, -0.05) is 163 Å². The quantitative estimate of drug-likeness (QED) is 0.0422. The molecule has 3 atom stereocenters. The second-order valence-electron chi connectivity index (χ2n) is 13.9. The lowest BCUT2D eigenvalue weighted by atomic mass is 9.91. The minimum absolute atomic E-state index is 0.00840. The van der Waals surface area contributed by atoms with Crippen molar-refractivity contribution in [3.05, 3.63) is 0 Å². The lowest BCUT2D eigenvalue weighted by Gasteiger charge is -2.28. The van der Waals surface area contributed by atoms with Crippen LogP contribution in [0.5, 0.6) is 0 Å². The number of carbonyl (C=O) groups is 3. The van der Waals surface area contributed by atoms with Crippen molar-refractivity contribution in [3.63, 3.8) is 0 Å². The van der Waals surface area contributed by atoms with Crippen LogP contribution in [0, 0.1) is 0 Å². The van der Waals surface area contributed by atoms with Gasteiger partial charge in [0.1, 0.15) is 12.2 Å². The summed E-state index contributed by atoms with van der Waals surface area (Å²) in [6, 6.07) is 0. The van der Waals surface area contributed by atoms with Crippen molar-refractivity contribution >= 4 is 17.7 Å². The molecular weight excluding hydrogens is 576 g/mol. The first-order valence-electron chi connectivity index (χ1n) is 19.9. The molecule has 0 aromatic carbocycles. The molecule has 6 nitrogen and oxygen atoms in total. The normalized spacial score (nSPS) is 14.0. The lowest BCUT2D eigenvalue weighted by molar-refractivity contribution is -0.182. The molecule has 0 amide bonds. The molecule has 0 spiro atoms. The van der Waals surface area contributed by atoms with Crippen LogP contribution in [0.1, 0.15) is 221 Å². The average molecular weight is 653 g/mol. The van der Waals surface area contributed by atoms with Crippen molar-refractivity contribution < 1.29 is 29.0 Å². The molecule has 1 N–H and O–H groups in total. The van der Waals surface area contributed by atoms with Gasteiger partial charge in [0.25, 0.3) is 0 Å². The van der Waals surface area contributed by atoms with Crippen molar-refractivity contribution in [2.45, 2.75) is 239 Å². The highest BCUT2D eigenvalue weighted by Crippen LogP contribution is 2.24. The van der Waals surface area contributed by atoms with Gasteiger partial charge in [0.2, 0.25) is 5.60 Å². The standard InChI is InChI=1S/C40H76O6/c1-6-11-15-17-19-21-23-25-27-32-35(30-13-8-3)45-38(42)34-40(44,37(41)29-10-5)39(43)46-36(31-14-9-4)33-28-26-24-22-20-18-16-12-7-2/h35-36,44H,6-34H2,1-5H3. The maximum Gasteiger partial charge on any atom is 0.346 e. The number of hydrogen-bond donors (Lipinski definition) is 1. The summed E-state index contributed by atoms with van der Waals surface area (Å²) in [4.78, 5) is 39.8. The van der Waals surface area contributed by atoms with Crippen LogP contribution in [0.25, 0.3) is 0 Å². The molecule has 272 valence electrons. The third kappa shape index (κ3) is 23.0. The van der Waals surface area contributed by atoms with Crippen molar-refractivity contribution in [3.8, 4) is 0 Å².